The molecule has 0 amide bonds. The fourth-order valence-corrected chi connectivity index (χ4v) is 2.72. The number of hydrogen-bond donors (Lipinski definition) is 1. The number of aliphatic hydroxyl groups excluding tert-OH is 1. The maximum Gasteiger partial charge on any atom is 0.125 e. The van der Waals surface area contributed by atoms with Gasteiger partial charge in [-0.15, -0.1) is 0 Å². The minimum Gasteiger partial charge on any atom is -0.493 e. The van der Waals surface area contributed by atoms with Crippen LogP contribution in [-0.2, 0) is 22.3 Å². The number of halogens is 1. The Kier molecular flexibility index (Phi) is 5.63. The molecule has 1 aliphatic rings. The zero-order valence-corrected chi connectivity index (χ0v) is 12.6. The lowest BCUT2D eigenvalue weighted by Gasteiger charge is -2.14. The van der Waals surface area contributed by atoms with E-state index in [2.05, 4.69) is 22.0 Å². The highest BCUT2D eigenvalue weighted by atomic mass is 79.9. The van der Waals surface area contributed by atoms with Crippen LogP contribution in [0.15, 0.2) is 16.6 Å². The van der Waals surface area contributed by atoms with Gasteiger partial charge in [0.15, 0.2) is 0 Å². The van der Waals surface area contributed by atoms with Crippen LogP contribution in [0.1, 0.15) is 11.1 Å². The summed E-state index contributed by atoms with van der Waals surface area (Å²) in [5.41, 5.74) is 2.24. The molecular formula is C14H19BrO4. The van der Waals surface area contributed by atoms with E-state index in [-0.39, 0.29) is 0 Å². The normalized spacial score (nSPS) is 15.1. The molecule has 19 heavy (non-hydrogen) atoms. The molecule has 0 saturated carbocycles. The topological polar surface area (TPSA) is 47.9 Å². The van der Waals surface area contributed by atoms with E-state index in [1.807, 2.05) is 6.07 Å². The van der Waals surface area contributed by atoms with Crippen molar-refractivity contribution in [2.24, 2.45) is 0 Å². The molecule has 0 bridgehead atoms. The van der Waals surface area contributed by atoms with Crippen molar-refractivity contribution >= 4 is 15.9 Å². The van der Waals surface area contributed by atoms with Crippen LogP contribution in [0.4, 0.5) is 0 Å². The van der Waals surface area contributed by atoms with Gasteiger partial charge < -0.3 is 19.3 Å². The second-order valence-corrected chi connectivity index (χ2v) is 5.49. The number of methoxy groups -OCH3 is 1. The van der Waals surface area contributed by atoms with E-state index in [9.17, 15) is 5.11 Å². The molecule has 0 fully saturated rings. The van der Waals surface area contributed by atoms with Crippen molar-refractivity contribution in [3.8, 4) is 5.75 Å². The van der Waals surface area contributed by atoms with E-state index in [1.165, 1.54) is 5.56 Å². The highest BCUT2D eigenvalue weighted by Gasteiger charge is 2.19. The van der Waals surface area contributed by atoms with Crippen molar-refractivity contribution < 1.29 is 19.3 Å². The van der Waals surface area contributed by atoms with Crippen LogP contribution < -0.4 is 4.74 Å². The first-order chi connectivity index (χ1) is 9.20. The van der Waals surface area contributed by atoms with E-state index >= 15 is 0 Å². The standard InChI is InChI=1S/C14H19BrO4/c1-17-4-5-18-9-13(16)8-11-7-12(15)6-10-2-3-19-14(10)11/h6-7,13,16H,2-5,8-9H2,1H3. The van der Waals surface area contributed by atoms with Crippen molar-refractivity contribution in [1.82, 2.24) is 0 Å². The molecule has 0 saturated heterocycles. The molecule has 4 nitrogen and oxygen atoms in total. The second kappa shape index (κ2) is 7.24. The monoisotopic (exact) mass is 330 g/mol. The summed E-state index contributed by atoms with van der Waals surface area (Å²) < 4.78 is 16.9. The Morgan fingerprint density at radius 3 is 3.05 bits per heavy atom. The SMILES string of the molecule is COCCOCC(O)Cc1cc(Br)cc2c1OCC2. The number of benzene rings is 1. The van der Waals surface area contributed by atoms with Crippen LogP contribution in [-0.4, -0.2) is 44.7 Å². The Morgan fingerprint density at radius 1 is 1.42 bits per heavy atom. The Bertz CT molecular complexity index is 422. The van der Waals surface area contributed by atoms with Gasteiger partial charge in [0.25, 0.3) is 0 Å². The zero-order valence-electron chi connectivity index (χ0n) is 11.0. The lowest BCUT2D eigenvalue weighted by atomic mass is 10.0. The van der Waals surface area contributed by atoms with E-state index in [0.29, 0.717) is 26.2 Å². The molecule has 5 heteroatoms. The van der Waals surface area contributed by atoms with Crippen molar-refractivity contribution in [2.45, 2.75) is 18.9 Å². The molecule has 106 valence electrons. The first-order valence-electron chi connectivity index (χ1n) is 6.39. The minimum absolute atomic E-state index is 0.310. The van der Waals surface area contributed by atoms with Crippen molar-refractivity contribution in [3.63, 3.8) is 0 Å². The van der Waals surface area contributed by atoms with Gasteiger partial charge in [-0.3, -0.25) is 0 Å². The first kappa shape index (κ1) is 14.8. The van der Waals surface area contributed by atoms with Gasteiger partial charge in [0.05, 0.1) is 32.5 Å². The number of hydrogen-bond acceptors (Lipinski definition) is 4. The van der Waals surface area contributed by atoms with Gasteiger partial charge in [-0.1, -0.05) is 15.9 Å². The van der Waals surface area contributed by atoms with Gasteiger partial charge in [0.2, 0.25) is 0 Å². The van der Waals surface area contributed by atoms with Gasteiger partial charge in [-0.05, 0) is 23.3 Å². The van der Waals surface area contributed by atoms with Crippen LogP contribution in [0, 0.1) is 0 Å². The fourth-order valence-electron chi connectivity index (χ4n) is 2.17. The van der Waals surface area contributed by atoms with Gasteiger partial charge in [-0.25, -0.2) is 0 Å². The lowest BCUT2D eigenvalue weighted by Crippen LogP contribution is -2.20. The molecule has 0 aliphatic carbocycles. The molecule has 2 rings (SSSR count). The van der Waals surface area contributed by atoms with Crippen LogP contribution in [0.25, 0.3) is 0 Å². The van der Waals surface area contributed by atoms with E-state index in [4.69, 9.17) is 14.2 Å². The predicted octanol–water partition coefficient (Wildman–Crippen LogP) is 1.95. The van der Waals surface area contributed by atoms with E-state index < -0.39 is 6.10 Å². The van der Waals surface area contributed by atoms with Crippen molar-refractivity contribution in [2.75, 3.05) is 33.5 Å². The lowest BCUT2D eigenvalue weighted by molar-refractivity contribution is 0.0135. The number of fused-ring (bicyclic) bond motifs is 1. The largest absolute Gasteiger partial charge is 0.493 e. The zero-order chi connectivity index (χ0) is 13.7. The maximum absolute atomic E-state index is 9.99. The summed E-state index contributed by atoms with van der Waals surface area (Å²) in [5.74, 6) is 0.930. The molecular weight excluding hydrogens is 312 g/mol. The minimum atomic E-state index is -0.528. The van der Waals surface area contributed by atoms with Crippen LogP contribution in [0.3, 0.4) is 0 Å². The highest BCUT2D eigenvalue weighted by Crippen LogP contribution is 2.33. The average Bonchev–Trinajstić information content (AvgIpc) is 2.82. The average molecular weight is 331 g/mol. The number of ether oxygens (including phenoxy) is 3. The summed E-state index contributed by atoms with van der Waals surface area (Å²) in [6, 6.07) is 4.08. The molecule has 0 aromatic heterocycles. The van der Waals surface area contributed by atoms with Crippen LogP contribution >= 0.6 is 15.9 Å². The summed E-state index contributed by atoms with van der Waals surface area (Å²) in [7, 11) is 1.63. The molecule has 1 unspecified atom stereocenters. The van der Waals surface area contributed by atoms with Gasteiger partial charge >= 0.3 is 0 Å². The fraction of sp³-hybridized carbons (Fsp3) is 0.571. The molecule has 1 aromatic carbocycles. The number of aliphatic hydroxyl groups is 1. The maximum atomic E-state index is 9.99. The van der Waals surface area contributed by atoms with Gasteiger partial charge in [-0.2, -0.15) is 0 Å². The summed E-state index contributed by atoms with van der Waals surface area (Å²) >= 11 is 3.49. The number of rotatable bonds is 7. The predicted molar refractivity (Wildman–Crippen MR) is 75.7 cm³/mol. The summed E-state index contributed by atoms with van der Waals surface area (Å²) in [6.07, 6.45) is 0.941. The Balaban J connectivity index is 1.92. The second-order valence-electron chi connectivity index (χ2n) is 4.58. The summed E-state index contributed by atoms with van der Waals surface area (Å²) in [6.45, 7) is 2.08. The van der Waals surface area contributed by atoms with Crippen LogP contribution in [0.2, 0.25) is 0 Å². The van der Waals surface area contributed by atoms with Crippen LogP contribution in [0.5, 0.6) is 5.75 Å². The van der Waals surface area contributed by atoms with Crippen molar-refractivity contribution in [3.05, 3.63) is 27.7 Å². The Labute approximate surface area is 121 Å². The quantitative estimate of drug-likeness (QED) is 0.776. The van der Waals surface area contributed by atoms with Gasteiger partial charge in [0.1, 0.15) is 5.75 Å². The molecule has 1 N–H and O–H groups in total. The first-order valence-corrected chi connectivity index (χ1v) is 7.19. The summed E-state index contributed by atoms with van der Waals surface area (Å²) in [4.78, 5) is 0. The molecule has 0 radical (unpaired) electrons. The molecule has 1 atom stereocenters. The third kappa shape index (κ3) is 4.18. The highest BCUT2D eigenvalue weighted by molar-refractivity contribution is 9.10. The Morgan fingerprint density at radius 2 is 2.26 bits per heavy atom. The Hall–Kier alpha value is -0.620. The molecule has 1 heterocycles. The van der Waals surface area contributed by atoms with E-state index in [1.54, 1.807) is 7.11 Å². The third-order valence-corrected chi connectivity index (χ3v) is 3.48. The summed E-state index contributed by atoms with van der Waals surface area (Å²) in [5, 5.41) is 9.99. The van der Waals surface area contributed by atoms with Crippen molar-refractivity contribution in [1.29, 1.82) is 0 Å². The van der Waals surface area contributed by atoms with E-state index in [0.717, 1.165) is 28.8 Å². The molecule has 0 spiro atoms. The molecule has 1 aromatic rings. The van der Waals surface area contributed by atoms with Gasteiger partial charge in [0, 0.05) is 24.4 Å². The smallest absolute Gasteiger partial charge is 0.125 e. The third-order valence-electron chi connectivity index (χ3n) is 3.02. The molecule has 1 aliphatic heterocycles.